The number of thiocarbonyl (C=S) groups is 1. The number of benzene rings is 1. The number of hydrogen-bond donors (Lipinski definition) is 1. The van der Waals surface area contributed by atoms with Crippen molar-refractivity contribution in [2.45, 2.75) is 26.4 Å². The van der Waals surface area contributed by atoms with E-state index in [4.69, 9.17) is 12.2 Å². The lowest BCUT2D eigenvalue weighted by molar-refractivity contribution is 0.750. The second kappa shape index (κ2) is 3.58. The Hall–Kier alpha value is -1.09. The van der Waals surface area contributed by atoms with E-state index in [1.807, 2.05) is 0 Å². The first-order valence-electron chi connectivity index (χ1n) is 4.85. The van der Waals surface area contributed by atoms with Crippen molar-refractivity contribution in [2.24, 2.45) is 0 Å². The molecule has 0 saturated carbocycles. The highest BCUT2D eigenvalue weighted by Gasteiger charge is 2.22. The minimum atomic E-state index is 0.399. The van der Waals surface area contributed by atoms with E-state index in [0.29, 0.717) is 6.04 Å². The quantitative estimate of drug-likeness (QED) is 0.710. The van der Waals surface area contributed by atoms with Gasteiger partial charge in [0.05, 0.1) is 0 Å². The van der Waals surface area contributed by atoms with E-state index in [1.165, 1.54) is 11.3 Å². The fraction of sp³-hybridized carbons (Fsp3) is 0.364. The smallest absolute Gasteiger partial charge is 0.173 e. The molecule has 1 aliphatic rings. The van der Waals surface area contributed by atoms with Crippen LogP contribution in [-0.2, 0) is 6.54 Å². The van der Waals surface area contributed by atoms with Crippen LogP contribution in [0.15, 0.2) is 24.3 Å². The summed E-state index contributed by atoms with van der Waals surface area (Å²) in [7, 11) is 0. The minimum absolute atomic E-state index is 0.399. The van der Waals surface area contributed by atoms with E-state index < -0.39 is 0 Å². The van der Waals surface area contributed by atoms with Crippen LogP contribution in [-0.4, -0.2) is 11.2 Å². The van der Waals surface area contributed by atoms with Crippen LogP contribution in [0, 0.1) is 0 Å². The molecule has 14 heavy (non-hydrogen) atoms. The largest absolute Gasteiger partial charge is 0.358 e. The maximum Gasteiger partial charge on any atom is 0.173 e. The topological polar surface area (TPSA) is 15.3 Å². The molecule has 3 heteroatoms. The van der Waals surface area contributed by atoms with Crippen LogP contribution < -0.4 is 10.2 Å². The SMILES string of the molecule is CC(C)N1C(=S)NCc2ccccc21. The molecule has 0 spiro atoms. The van der Waals surface area contributed by atoms with Gasteiger partial charge in [-0.05, 0) is 37.7 Å². The molecule has 0 aliphatic carbocycles. The standard InChI is InChI=1S/C11H14N2S/c1-8(2)13-10-6-4-3-5-9(10)7-12-11(13)14/h3-6,8H,7H2,1-2H3,(H,12,14). The average Bonchev–Trinajstić information content (AvgIpc) is 2.17. The van der Waals surface area contributed by atoms with E-state index in [-0.39, 0.29) is 0 Å². The van der Waals surface area contributed by atoms with Crippen molar-refractivity contribution >= 4 is 23.0 Å². The van der Waals surface area contributed by atoms with Gasteiger partial charge in [0.1, 0.15) is 0 Å². The van der Waals surface area contributed by atoms with Crippen molar-refractivity contribution in [3.05, 3.63) is 29.8 Å². The first-order chi connectivity index (χ1) is 6.70. The van der Waals surface area contributed by atoms with Crippen molar-refractivity contribution in [2.75, 3.05) is 4.90 Å². The summed E-state index contributed by atoms with van der Waals surface area (Å²) >= 11 is 5.29. The third-order valence-corrected chi connectivity index (χ3v) is 2.76. The van der Waals surface area contributed by atoms with Crippen LogP contribution in [0.25, 0.3) is 0 Å². The van der Waals surface area contributed by atoms with Crippen molar-refractivity contribution in [3.63, 3.8) is 0 Å². The fourth-order valence-electron chi connectivity index (χ4n) is 1.77. The summed E-state index contributed by atoms with van der Waals surface area (Å²) in [4.78, 5) is 2.16. The molecule has 0 unspecified atom stereocenters. The van der Waals surface area contributed by atoms with Gasteiger partial charge in [0, 0.05) is 18.3 Å². The molecule has 74 valence electrons. The van der Waals surface area contributed by atoms with Gasteiger partial charge >= 0.3 is 0 Å². The Labute approximate surface area is 89.9 Å². The summed E-state index contributed by atoms with van der Waals surface area (Å²) in [5.41, 5.74) is 2.56. The minimum Gasteiger partial charge on any atom is -0.358 e. The van der Waals surface area contributed by atoms with Crippen LogP contribution in [0.4, 0.5) is 5.69 Å². The predicted octanol–water partition coefficient (Wildman–Crippen LogP) is 2.29. The summed E-state index contributed by atoms with van der Waals surface area (Å²) < 4.78 is 0. The summed E-state index contributed by atoms with van der Waals surface area (Å²) in [5.74, 6) is 0. The maximum atomic E-state index is 5.29. The molecule has 0 bridgehead atoms. The van der Waals surface area contributed by atoms with Gasteiger partial charge < -0.3 is 10.2 Å². The third-order valence-electron chi connectivity index (χ3n) is 2.42. The lowest BCUT2D eigenvalue weighted by atomic mass is 10.1. The third kappa shape index (κ3) is 1.48. The average molecular weight is 206 g/mol. The monoisotopic (exact) mass is 206 g/mol. The van der Waals surface area contributed by atoms with Crippen LogP contribution in [0.3, 0.4) is 0 Å². The van der Waals surface area contributed by atoms with E-state index in [1.54, 1.807) is 0 Å². The molecule has 2 nitrogen and oxygen atoms in total. The molecule has 1 heterocycles. The van der Waals surface area contributed by atoms with Crippen LogP contribution in [0.2, 0.25) is 0 Å². The molecule has 0 amide bonds. The molecule has 0 fully saturated rings. The van der Waals surface area contributed by atoms with E-state index in [9.17, 15) is 0 Å². The summed E-state index contributed by atoms with van der Waals surface area (Å²) in [5, 5.41) is 4.06. The van der Waals surface area contributed by atoms with Crippen LogP contribution in [0.5, 0.6) is 0 Å². The Morgan fingerprint density at radius 1 is 1.36 bits per heavy atom. The van der Waals surface area contributed by atoms with Gasteiger partial charge in [0.15, 0.2) is 5.11 Å². The number of fused-ring (bicyclic) bond motifs is 1. The van der Waals surface area contributed by atoms with Gasteiger partial charge in [-0.1, -0.05) is 18.2 Å². The maximum absolute atomic E-state index is 5.29. The summed E-state index contributed by atoms with van der Waals surface area (Å²) in [6.45, 7) is 5.14. The van der Waals surface area contributed by atoms with Crippen molar-refractivity contribution in [3.8, 4) is 0 Å². The molecule has 0 aromatic heterocycles. The number of hydrogen-bond acceptors (Lipinski definition) is 1. The van der Waals surface area contributed by atoms with E-state index >= 15 is 0 Å². The Morgan fingerprint density at radius 3 is 2.79 bits per heavy atom. The molecule has 0 saturated heterocycles. The van der Waals surface area contributed by atoms with Crippen molar-refractivity contribution in [1.82, 2.24) is 5.32 Å². The van der Waals surface area contributed by atoms with Gasteiger partial charge in [0.2, 0.25) is 0 Å². The highest BCUT2D eigenvalue weighted by Crippen LogP contribution is 2.25. The van der Waals surface area contributed by atoms with E-state index in [2.05, 4.69) is 48.3 Å². The molecule has 1 aromatic carbocycles. The number of nitrogens with one attached hydrogen (secondary N) is 1. The van der Waals surface area contributed by atoms with Crippen molar-refractivity contribution in [1.29, 1.82) is 0 Å². The van der Waals surface area contributed by atoms with Gasteiger partial charge in [0.25, 0.3) is 0 Å². The highest BCUT2D eigenvalue weighted by atomic mass is 32.1. The Bertz CT molecular complexity index is 360. The molecule has 1 aliphatic heterocycles. The molecular formula is C11H14N2S. The van der Waals surface area contributed by atoms with Gasteiger partial charge in [-0.25, -0.2) is 0 Å². The van der Waals surface area contributed by atoms with Gasteiger partial charge in [-0.15, -0.1) is 0 Å². The second-order valence-electron chi connectivity index (χ2n) is 3.75. The normalized spacial score (nSPS) is 15.4. The summed E-state index contributed by atoms with van der Waals surface area (Å²) in [6, 6.07) is 8.79. The second-order valence-corrected chi connectivity index (χ2v) is 4.14. The number of anilines is 1. The Kier molecular flexibility index (Phi) is 2.42. The number of rotatable bonds is 1. The zero-order valence-electron chi connectivity index (χ0n) is 8.45. The lowest BCUT2D eigenvalue weighted by Crippen LogP contribution is -2.47. The zero-order valence-corrected chi connectivity index (χ0v) is 9.27. The first kappa shape index (κ1) is 9.46. The Morgan fingerprint density at radius 2 is 2.07 bits per heavy atom. The lowest BCUT2D eigenvalue weighted by Gasteiger charge is -2.35. The number of para-hydroxylation sites is 1. The van der Waals surface area contributed by atoms with E-state index in [0.717, 1.165) is 11.7 Å². The molecule has 0 atom stereocenters. The molecule has 1 aromatic rings. The zero-order chi connectivity index (χ0) is 10.1. The highest BCUT2D eigenvalue weighted by molar-refractivity contribution is 7.80. The molecule has 1 N–H and O–H groups in total. The molecule has 0 radical (unpaired) electrons. The summed E-state index contributed by atoms with van der Waals surface area (Å²) in [6.07, 6.45) is 0. The molecular weight excluding hydrogens is 192 g/mol. The first-order valence-corrected chi connectivity index (χ1v) is 5.26. The van der Waals surface area contributed by atoms with Crippen LogP contribution in [0.1, 0.15) is 19.4 Å². The van der Waals surface area contributed by atoms with Crippen LogP contribution >= 0.6 is 12.2 Å². The molecule has 2 rings (SSSR count). The Balaban J connectivity index is 2.46. The van der Waals surface area contributed by atoms with Gasteiger partial charge in [-0.2, -0.15) is 0 Å². The number of nitrogens with zero attached hydrogens (tertiary/aromatic N) is 1. The fourth-order valence-corrected chi connectivity index (χ4v) is 2.15. The van der Waals surface area contributed by atoms with Gasteiger partial charge in [-0.3, -0.25) is 0 Å². The predicted molar refractivity (Wildman–Crippen MR) is 63.5 cm³/mol. The van der Waals surface area contributed by atoms with Crippen molar-refractivity contribution < 1.29 is 0 Å².